The van der Waals surface area contributed by atoms with Crippen LogP contribution >= 0.6 is 0 Å². The smallest absolute Gasteiger partial charge is 0.121 e. The largest absolute Gasteiger partial charge is 0.496 e. The van der Waals surface area contributed by atoms with E-state index in [1.165, 1.54) is 0 Å². The summed E-state index contributed by atoms with van der Waals surface area (Å²) in [6, 6.07) is 5.90. The molecule has 0 bridgehead atoms. The average molecular weight is 263 g/mol. The molecule has 1 saturated carbocycles. The summed E-state index contributed by atoms with van der Waals surface area (Å²) in [5.74, 6) is 1.51. The van der Waals surface area contributed by atoms with Crippen LogP contribution in [0.4, 0.5) is 0 Å². The summed E-state index contributed by atoms with van der Waals surface area (Å²) in [6.45, 7) is 4.79. The quantitative estimate of drug-likeness (QED) is 0.878. The molecular formula is C16H25NO2. The summed E-state index contributed by atoms with van der Waals surface area (Å²) in [6.07, 6.45) is 2.70. The lowest BCUT2D eigenvalue weighted by atomic mass is 9.76. The van der Waals surface area contributed by atoms with Crippen molar-refractivity contribution in [3.8, 4) is 5.75 Å². The molecule has 0 amide bonds. The number of aryl methyl sites for hydroxylation is 1. The summed E-state index contributed by atoms with van der Waals surface area (Å²) in [4.78, 5) is 0. The van der Waals surface area contributed by atoms with Crippen molar-refractivity contribution in [3.63, 3.8) is 0 Å². The van der Waals surface area contributed by atoms with Crippen molar-refractivity contribution >= 4 is 0 Å². The van der Waals surface area contributed by atoms with Crippen LogP contribution in [-0.4, -0.2) is 18.8 Å². The van der Waals surface area contributed by atoms with E-state index in [9.17, 15) is 5.11 Å². The van der Waals surface area contributed by atoms with Crippen molar-refractivity contribution in [1.82, 2.24) is 0 Å². The highest BCUT2D eigenvalue weighted by molar-refractivity contribution is 5.37. The molecule has 1 fully saturated rings. The number of ether oxygens (including phenoxy) is 1. The molecule has 1 aliphatic carbocycles. The van der Waals surface area contributed by atoms with E-state index in [4.69, 9.17) is 10.5 Å². The molecule has 3 unspecified atom stereocenters. The molecule has 3 N–H and O–H groups in total. The van der Waals surface area contributed by atoms with Crippen LogP contribution in [0.3, 0.4) is 0 Å². The van der Waals surface area contributed by atoms with Crippen molar-refractivity contribution < 1.29 is 9.84 Å². The van der Waals surface area contributed by atoms with Crippen molar-refractivity contribution in [2.75, 3.05) is 13.7 Å². The van der Waals surface area contributed by atoms with Gasteiger partial charge in [0, 0.05) is 12.0 Å². The van der Waals surface area contributed by atoms with Gasteiger partial charge in [-0.25, -0.2) is 0 Å². The van der Waals surface area contributed by atoms with Crippen LogP contribution in [0.2, 0.25) is 0 Å². The first kappa shape index (κ1) is 14.4. The third-order valence-electron chi connectivity index (χ3n) is 4.61. The maximum atomic E-state index is 10.8. The Bertz CT molecular complexity index is 446. The number of aliphatic hydroxyl groups is 1. The number of aliphatic hydroxyl groups excluding tert-OH is 1. The van der Waals surface area contributed by atoms with E-state index in [0.717, 1.165) is 36.1 Å². The minimum Gasteiger partial charge on any atom is -0.496 e. The van der Waals surface area contributed by atoms with Gasteiger partial charge in [0.15, 0.2) is 0 Å². The summed E-state index contributed by atoms with van der Waals surface area (Å²) in [5.41, 5.74) is 7.84. The highest BCUT2D eigenvalue weighted by Gasteiger charge is 2.42. The lowest BCUT2D eigenvalue weighted by Gasteiger charge is -2.34. The molecule has 3 nitrogen and oxygen atoms in total. The van der Waals surface area contributed by atoms with E-state index < -0.39 is 6.10 Å². The zero-order valence-corrected chi connectivity index (χ0v) is 12.1. The van der Waals surface area contributed by atoms with Gasteiger partial charge < -0.3 is 15.6 Å². The van der Waals surface area contributed by atoms with Crippen molar-refractivity contribution in [1.29, 1.82) is 0 Å². The van der Waals surface area contributed by atoms with Crippen LogP contribution in [0.5, 0.6) is 5.75 Å². The monoisotopic (exact) mass is 263 g/mol. The maximum Gasteiger partial charge on any atom is 0.121 e. The molecule has 0 heterocycles. The van der Waals surface area contributed by atoms with E-state index in [1.54, 1.807) is 7.11 Å². The Balaban J connectivity index is 2.27. The minimum absolute atomic E-state index is 0.152. The second kappa shape index (κ2) is 5.51. The molecule has 1 aromatic rings. The number of hydrogen-bond donors (Lipinski definition) is 2. The fourth-order valence-electron chi connectivity index (χ4n) is 3.40. The molecule has 0 aliphatic heterocycles. The molecule has 19 heavy (non-hydrogen) atoms. The molecule has 0 spiro atoms. The molecule has 0 radical (unpaired) electrons. The number of rotatable bonds is 4. The lowest BCUT2D eigenvalue weighted by Crippen LogP contribution is -2.34. The van der Waals surface area contributed by atoms with Gasteiger partial charge >= 0.3 is 0 Å². The van der Waals surface area contributed by atoms with E-state index in [0.29, 0.717) is 12.5 Å². The lowest BCUT2D eigenvalue weighted by molar-refractivity contribution is 0.0307. The Morgan fingerprint density at radius 3 is 2.74 bits per heavy atom. The van der Waals surface area contributed by atoms with Crippen LogP contribution in [0.25, 0.3) is 0 Å². The fraction of sp³-hybridized carbons (Fsp3) is 0.625. The minimum atomic E-state index is -0.480. The second-order valence-corrected chi connectivity index (χ2v) is 6.05. The number of hydrogen-bond acceptors (Lipinski definition) is 3. The normalized spacial score (nSPS) is 28.4. The molecule has 0 aromatic heterocycles. The van der Waals surface area contributed by atoms with Crippen LogP contribution in [0.1, 0.15) is 43.4 Å². The average Bonchev–Trinajstić information content (AvgIpc) is 2.80. The molecule has 3 atom stereocenters. The third-order valence-corrected chi connectivity index (χ3v) is 4.61. The van der Waals surface area contributed by atoms with Gasteiger partial charge in [-0.2, -0.15) is 0 Å². The van der Waals surface area contributed by atoms with Gasteiger partial charge in [-0.3, -0.25) is 0 Å². The van der Waals surface area contributed by atoms with Gasteiger partial charge in [0.2, 0.25) is 0 Å². The van der Waals surface area contributed by atoms with Crippen LogP contribution in [0, 0.1) is 18.3 Å². The number of methoxy groups -OCH3 is 1. The molecular weight excluding hydrogens is 238 g/mol. The standard InChI is InChI=1S/C16H25NO2/c1-11-6-7-16(9-11,10-17)15(18)13-4-5-14(19-3)12(2)8-13/h4-5,8,11,15,18H,6-7,9-10,17H2,1-3H3. The van der Waals surface area contributed by atoms with E-state index >= 15 is 0 Å². The molecule has 1 aromatic carbocycles. The van der Waals surface area contributed by atoms with Gasteiger partial charge in [0.05, 0.1) is 13.2 Å². The van der Waals surface area contributed by atoms with Gasteiger partial charge in [-0.1, -0.05) is 19.4 Å². The summed E-state index contributed by atoms with van der Waals surface area (Å²) >= 11 is 0. The first-order chi connectivity index (χ1) is 9.02. The highest BCUT2D eigenvalue weighted by atomic mass is 16.5. The highest BCUT2D eigenvalue weighted by Crippen LogP contribution is 2.49. The zero-order valence-electron chi connectivity index (χ0n) is 12.1. The van der Waals surface area contributed by atoms with Crippen LogP contribution in [-0.2, 0) is 0 Å². The third kappa shape index (κ3) is 2.63. The van der Waals surface area contributed by atoms with Gasteiger partial charge in [0.25, 0.3) is 0 Å². The molecule has 2 rings (SSSR count). The van der Waals surface area contributed by atoms with Crippen molar-refractivity contribution in [2.45, 2.75) is 39.2 Å². The predicted octanol–water partition coefficient (Wildman–Crippen LogP) is 2.80. The van der Waals surface area contributed by atoms with Crippen molar-refractivity contribution in [2.24, 2.45) is 17.1 Å². The summed E-state index contributed by atoms with van der Waals surface area (Å²) < 4.78 is 5.27. The maximum absolute atomic E-state index is 10.8. The van der Waals surface area contributed by atoms with E-state index in [2.05, 4.69) is 6.92 Å². The molecule has 106 valence electrons. The first-order valence-corrected chi connectivity index (χ1v) is 7.05. The topological polar surface area (TPSA) is 55.5 Å². The van der Waals surface area contributed by atoms with E-state index in [1.807, 2.05) is 25.1 Å². The summed E-state index contributed by atoms with van der Waals surface area (Å²) in [7, 11) is 1.67. The molecule has 3 heteroatoms. The SMILES string of the molecule is COc1ccc(C(O)C2(CN)CCC(C)C2)cc1C. The molecule has 1 aliphatic rings. The van der Waals surface area contributed by atoms with Gasteiger partial charge in [0.1, 0.15) is 5.75 Å². The summed E-state index contributed by atoms with van der Waals surface area (Å²) in [5, 5.41) is 10.8. The molecule has 0 saturated heterocycles. The van der Waals surface area contributed by atoms with Crippen LogP contribution in [0.15, 0.2) is 18.2 Å². The Kier molecular flexibility index (Phi) is 4.16. The van der Waals surface area contributed by atoms with Gasteiger partial charge in [-0.15, -0.1) is 0 Å². The number of nitrogens with two attached hydrogens (primary N) is 1. The Labute approximate surface area is 115 Å². The van der Waals surface area contributed by atoms with E-state index in [-0.39, 0.29) is 5.41 Å². The first-order valence-electron chi connectivity index (χ1n) is 7.05. The Morgan fingerprint density at radius 2 is 2.26 bits per heavy atom. The Hall–Kier alpha value is -1.06. The second-order valence-electron chi connectivity index (χ2n) is 6.05. The van der Waals surface area contributed by atoms with Crippen LogP contribution < -0.4 is 10.5 Å². The zero-order chi connectivity index (χ0) is 14.0. The number of benzene rings is 1. The fourth-order valence-corrected chi connectivity index (χ4v) is 3.40. The van der Waals surface area contributed by atoms with Crippen molar-refractivity contribution in [3.05, 3.63) is 29.3 Å². The Morgan fingerprint density at radius 1 is 1.53 bits per heavy atom. The van der Waals surface area contributed by atoms with Gasteiger partial charge in [-0.05, 0) is 48.9 Å². The predicted molar refractivity (Wildman–Crippen MR) is 77.2 cm³/mol.